The normalized spacial score (nSPS) is 18.7. The molecule has 4 N–H and O–H groups in total. The number of aliphatic carboxylic acids is 1. The van der Waals surface area contributed by atoms with E-state index in [1.54, 1.807) is 24.3 Å². The predicted molar refractivity (Wildman–Crippen MR) is 166 cm³/mol. The minimum absolute atomic E-state index is 0.0406. The highest BCUT2D eigenvalue weighted by atomic mass is 35.5. The number of piperidine rings is 1. The van der Waals surface area contributed by atoms with Crippen molar-refractivity contribution < 1.29 is 28.7 Å². The molecule has 218 valence electrons. The first-order chi connectivity index (χ1) is 19.3. The molecule has 9 nitrogen and oxygen atoms in total. The summed E-state index contributed by atoms with van der Waals surface area (Å²) < 4.78 is 20.9. The lowest BCUT2D eigenvalue weighted by atomic mass is 9.85. The topological polar surface area (TPSA) is 143 Å². The third kappa shape index (κ3) is 7.28. The monoisotopic (exact) mass is 617 g/mol. The Labute approximate surface area is 248 Å². The largest absolute Gasteiger partial charge is 0.479 e. The van der Waals surface area contributed by atoms with Crippen LogP contribution in [0.5, 0.6) is 5.75 Å². The van der Waals surface area contributed by atoms with Crippen molar-refractivity contribution in [2.24, 2.45) is 10.9 Å². The van der Waals surface area contributed by atoms with Crippen molar-refractivity contribution in [1.82, 2.24) is 4.31 Å². The lowest BCUT2D eigenvalue weighted by Crippen LogP contribution is -2.53. The number of nitrogens with two attached hydrogens (primary N) is 1. The van der Waals surface area contributed by atoms with Gasteiger partial charge in [-0.05, 0) is 73.9 Å². The van der Waals surface area contributed by atoms with Crippen LogP contribution in [0.25, 0.3) is 10.4 Å². The van der Waals surface area contributed by atoms with Crippen LogP contribution in [-0.2, 0) is 20.3 Å². The van der Waals surface area contributed by atoms with Gasteiger partial charge in [-0.15, -0.1) is 11.3 Å². The number of halogens is 1. The van der Waals surface area contributed by atoms with E-state index in [4.69, 9.17) is 32.2 Å². The standard InChI is InChI=1S/C29H32ClN3O6S2/c1-29(2)14-19(10-11-33(29)41(3,38)17-18-6-4-8-21(31)12-18)15-32-22-9-5-7-20(13-22)26-24(30)25(39-16-23(34)35)27(40-26)28(36)37/h4-9,12-13,15,19H,3,10-11,14,16-17,31H2,1-2H3,(H,34,35)(H,36,37). The highest BCUT2D eigenvalue weighted by Crippen LogP contribution is 2.46. The molecule has 0 saturated carbocycles. The zero-order valence-corrected chi connectivity index (χ0v) is 25.1. The molecule has 2 heterocycles. The number of nitrogens with zero attached hydrogens (tertiary/aromatic N) is 2. The fraction of sp³-hybridized carbons (Fsp3) is 0.310. The van der Waals surface area contributed by atoms with Gasteiger partial charge in [0, 0.05) is 33.7 Å². The minimum Gasteiger partial charge on any atom is -0.479 e. The van der Waals surface area contributed by atoms with E-state index < -0.39 is 28.3 Å². The van der Waals surface area contributed by atoms with Crippen LogP contribution in [0.2, 0.25) is 5.02 Å². The SMILES string of the molecule is C=S(=O)(Cc1cccc(N)c1)N1CCC(C=Nc2cccc(-c3sc(C(=O)O)c(OCC(=O)O)c3Cl)c2)CC1(C)C. The molecule has 0 radical (unpaired) electrons. The predicted octanol–water partition coefficient (Wildman–Crippen LogP) is 5.84. The Morgan fingerprint density at radius 1 is 1.27 bits per heavy atom. The molecule has 4 rings (SSSR count). The van der Waals surface area contributed by atoms with Crippen LogP contribution in [0.1, 0.15) is 41.9 Å². The van der Waals surface area contributed by atoms with Crippen molar-refractivity contribution >= 4 is 68.0 Å². The average Bonchev–Trinajstić information content (AvgIpc) is 3.21. The molecular weight excluding hydrogens is 586 g/mol. The Kier molecular flexibility index (Phi) is 9.13. The van der Waals surface area contributed by atoms with E-state index in [9.17, 15) is 18.9 Å². The molecule has 1 fully saturated rings. The molecule has 1 saturated heterocycles. The number of rotatable bonds is 10. The van der Waals surface area contributed by atoms with Crippen molar-refractivity contribution in [1.29, 1.82) is 0 Å². The Morgan fingerprint density at radius 3 is 2.66 bits per heavy atom. The van der Waals surface area contributed by atoms with Gasteiger partial charge in [0.2, 0.25) is 0 Å². The van der Waals surface area contributed by atoms with Crippen molar-refractivity contribution in [2.45, 2.75) is 38.0 Å². The molecular formula is C29H32ClN3O6S2. The van der Waals surface area contributed by atoms with Crippen LogP contribution in [0, 0.1) is 5.92 Å². The van der Waals surface area contributed by atoms with E-state index in [1.807, 2.05) is 34.8 Å². The molecule has 0 bridgehead atoms. The van der Waals surface area contributed by atoms with Crippen LogP contribution in [-0.4, -0.2) is 61.4 Å². The Morgan fingerprint density at radius 2 is 2.00 bits per heavy atom. The molecule has 1 aliphatic rings. The summed E-state index contributed by atoms with van der Waals surface area (Å²) in [6.07, 6.45) is 3.41. The van der Waals surface area contributed by atoms with Crippen molar-refractivity contribution in [3.63, 3.8) is 0 Å². The number of benzene rings is 2. The second-order valence-corrected chi connectivity index (χ2v) is 14.2. The number of ether oxygens (including phenoxy) is 1. The quantitative estimate of drug-likeness (QED) is 0.147. The second-order valence-electron chi connectivity index (χ2n) is 10.5. The fourth-order valence-electron chi connectivity index (χ4n) is 5.10. The highest BCUT2D eigenvalue weighted by molar-refractivity contribution is 7.97. The van der Waals surface area contributed by atoms with Gasteiger partial charge >= 0.3 is 11.9 Å². The maximum Gasteiger partial charge on any atom is 0.349 e. The molecule has 2 aromatic carbocycles. The second kappa shape index (κ2) is 12.2. The molecule has 0 aliphatic carbocycles. The Balaban J connectivity index is 1.49. The van der Waals surface area contributed by atoms with Gasteiger partial charge < -0.3 is 20.7 Å². The van der Waals surface area contributed by atoms with E-state index in [1.165, 1.54) is 0 Å². The zero-order valence-electron chi connectivity index (χ0n) is 22.7. The molecule has 12 heteroatoms. The van der Waals surface area contributed by atoms with Crippen molar-refractivity contribution in [3.05, 3.63) is 64.0 Å². The van der Waals surface area contributed by atoms with Crippen LogP contribution < -0.4 is 10.5 Å². The summed E-state index contributed by atoms with van der Waals surface area (Å²) in [5.74, 6) is 1.92. The molecule has 1 aromatic heterocycles. The third-order valence-corrected chi connectivity index (χ3v) is 10.7. The molecule has 3 aromatic rings. The van der Waals surface area contributed by atoms with Gasteiger partial charge in [0.15, 0.2) is 17.2 Å². The summed E-state index contributed by atoms with van der Waals surface area (Å²) in [6, 6.07) is 14.6. The number of carboxylic acid groups (broad SMARTS) is 2. The first-order valence-electron chi connectivity index (χ1n) is 12.8. The summed E-state index contributed by atoms with van der Waals surface area (Å²) in [7, 11) is -2.57. The third-order valence-electron chi connectivity index (χ3n) is 6.77. The van der Waals surface area contributed by atoms with E-state index >= 15 is 0 Å². The lowest BCUT2D eigenvalue weighted by Gasteiger charge is -2.46. The van der Waals surface area contributed by atoms with E-state index in [0.29, 0.717) is 34.1 Å². The summed E-state index contributed by atoms with van der Waals surface area (Å²) in [4.78, 5) is 27.6. The van der Waals surface area contributed by atoms with Crippen molar-refractivity contribution in [3.8, 4) is 16.2 Å². The summed E-state index contributed by atoms with van der Waals surface area (Å²) in [6.45, 7) is 4.04. The Bertz CT molecular complexity index is 1600. The van der Waals surface area contributed by atoms with E-state index in [-0.39, 0.29) is 27.1 Å². The van der Waals surface area contributed by atoms with Crippen LogP contribution >= 0.6 is 22.9 Å². The van der Waals surface area contributed by atoms with Gasteiger partial charge in [-0.1, -0.05) is 35.9 Å². The van der Waals surface area contributed by atoms with E-state index in [2.05, 4.69) is 19.7 Å². The number of hydrogen-bond donors (Lipinski definition) is 3. The van der Waals surface area contributed by atoms with Gasteiger partial charge in [-0.3, -0.25) is 9.20 Å². The maximum atomic E-state index is 13.7. The first-order valence-corrected chi connectivity index (χ1v) is 15.8. The number of carboxylic acids is 2. The summed E-state index contributed by atoms with van der Waals surface area (Å²) >= 11 is 7.34. The van der Waals surface area contributed by atoms with E-state index in [0.717, 1.165) is 29.7 Å². The highest BCUT2D eigenvalue weighted by Gasteiger charge is 2.38. The number of aromatic carboxylic acids is 1. The summed E-state index contributed by atoms with van der Waals surface area (Å²) in [5.41, 5.74) is 8.34. The smallest absolute Gasteiger partial charge is 0.349 e. The van der Waals surface area contributed by atoms with Gasteiger partial charge in [-0.2, -0.15) is 0 Å². The molecule has 1 aliphatic heterocycles. The van der Waals surface area contributed by atoms with Gasteiger partial charge in [-0.25, -0.2) is 13.9 Å². The van der Waals surface area contributed by atoms with Gasteiger partial charge in [0.05, 0.1) is 16.3 Å². The van der Waals surface area contributed by atoms with Crippen LogP contribution in [0.3, 0.4) is 0 Å². The van der Waals surface area contributed by atoms with Crippen molar-refractivity contribution in [2.75, 3.05) is 18.9 Å². The van der Waals surface area contributed by atoms with Gasteiger partial charge in [0.1, 0.15) is 5.02 Å². The van der Waals surface area contributed by atoms with Crippen LogP contribution in [0.4, 0.5) is 11.4 Å². The molecule has 2 unspecified atom stereocenters. The first kappa shape index (κ1) is 30.6. The number of hydrogen-bond acceptors (Lipinski definition) is 7. The number of thiophene rings is 1. The Hall–Kier alpha value is -3.38. The zero-order chi connectivity index (χ0) is 29.9. The number of nitrogen functional groups attached to an aromatic ring is 1. The number of aliphatic imine (C=N–C) groups is 1. The van der Waals surface area contributed by atoms with Gasteiger partial charge in [0.25, 0.3) is 0 Å². The molecule has 0 spiro atoms. The maximum absolute atomic E-state index is 13.7. The molecule has 41 heavy (non-hydrogen) atoms. The average molecular weight is 618 g/mol. The number of anilines is 1. The minimum atomic E-state index is -2.57. The summed E-state index contributed by atoms with van der Waals surface area (Å²) in [5, 5.41) is 18.5. The lowest BCUT2D eigenvalue weighted by molar-refractivity contribution is -0.139. The molecule has 0 amide bonds. The van der Waals surface area contributed by atoms with Crippen LogP contribution in [0.15, 0.2) is 53.5 Å². The molecule has 2 atom stereocenters. The number of carbonyl (C=O) groups is 2. The fourth-order valence-corrected chi connectivity index (χ4v) is 8.77.